The zero-order chi connectivity index (χ0) is 26.2. The lowest BCUT2D eigenvalue weighted by Crippen LogP contribution is -2.18. The summed E-state index contributed by atoms with van der Waals surface area (Å²) in [5.41, 5.74) is 9.84. The molecule has 3 heterocycles. The number of fused-ring (bicyclic) bond motifs is 6. The number of benzene rings is 6. The van der Waals surface area contributed by atoms with Crippen molar-refractivity contribution in [3.8, 4) is 22.4 Å². The fraction of sp³-hybridized carbons (Fsp3) is 0. The number of rotatable bonds is 2. The average Bonchev–Trinajstić information content (AvgIpc) is 3.40. The minimum atomic E-state index is 0.797. The molecule has 6 aromatic carbocycles. The zero-order valence-corrected chi connectivity index (χ0v) is 21.4. The van der Waals surface area contributed by atoms with Crippen LogP contribution < -0.4 is 4.90 Å². The number of hydrogen-bond acceptors (Lipinski definition) is 4. The van der Waals surface area contributed by atoms with Crippen LogP contribution in [0, 0.1) is 0 Å². The molecule has 0 amide bonds. The third kappa shape index (κ3) is 2.90. The molecule has 8 aromatic rings. The van der Waals surface area contributed by atoms with Gasteiger partial charge in [-0.05, 0) is 47.3 Å². The molecule has 0 aliphatic carbocycles. The molecule has 0 radical (unpaired) electrons. The van der Waals surface area contributed by atoms with Crippen molar-refractivity contribution in [1.29, 1.82) is 0 Å². The van der Waals surface area contributed by atoms with Gasteiger partial charge in [-0.1, -0.05) is 91.0 Å². The van der Waals surface area contributed by atoms with E-state index in [0.29, 0.717) is 0 Å². The lowest BCUT2D eigenvalue weighted by Gasteiger charge is -2.33. The second-order valence-corrected chi connectivity index (χ2v) is 10.2. The Bertz CT molecular complexity index is 2290. The van der Waals surface area contributed by atoms with Crippen molar-refractivity contribution in [2.24, 2.45) is 0 Å². The maximum atomic E-state index is 6.28. The number of anilines is 3. The highest BCUT2D eigenvalue weighted by atomic mass is 16.3. The Balaban J connectivity index is 1.44. The van der Waals surface area contributed by atoms with Crippen LogP contribution in [0.1, 0.15) is 0 Å². The lowest BCUT2D eigenvalue weighted by atomic mass is 9.91. The molecule has 0 saturated carbocycles. The van der Waals surface area contributed by atoms with Gasteiger partial charge in [0.2, 0.25) is 0 Å². The number of para-hydroxylation sites is 4. The molecule has 2 aromatic heterocycles. The molecule has 0 fully saturated rings. The largest absolute Gasteiger partial charge is 0.456 e. The molecule has 4 heteroatoms. The molecular weight excluding hydrogens is 490 g/mol. The molecule has 9 rings (SSSR count). The molecule has 0 atom stereocenters. The van der Waals surface area contributed by atoms with Crippen LogP contribution in [0.3, 0.4) is 0 Å². The van der Waals surface area contributed by atoms with E-state index in [1.165, 1.54) is 21.9 Å². The van der Waals surface area contributed by atoms with Gasteiger partial charge in [0.25, 0.3) is 0 Å². The van der Waals surface area contributed by atoms with Crippen molar-refractivity contribution in [3.63, 3.8) is 0 Å². The lowest BCUT2D eigenvalue weighted by molar-refractivity contribution is 0.669. The van der Waals surface area contributed by atoms with Crippen molar-refractivity contribution in [2.75, 3.05) is 4.90 Å². The van der Waals surface area contributed by atoms with E-state index in [9.17, 15) is 0 Å². The van der Waals surface area contributed by atoms with Gasteiger partial charge in [0.05, 0.1) is 22.4 Å². The Morgan fingerprint density at radius 2 is 1.12 bits per heavy atom. The van der Waals surface area contributed by atoms with E-state index in [4.69, 9.17) is 14.4 Å². The standard InChI is InChI=1S/C36H21N3O/c1-5-18-29-23(12-1)24-14-7-10-22-11-8-19-30(33(22)24)39(29)36-35(37-27-16-3-4-17-28(27)38-36)26-15-9-21-32-34(26)25-13-2-6-20-31(25)40-32/h1-21H. The van der Waals surface area contributed by atoms with Gasteiger partial charge in [-0.25, -0.2) is 9.97 Å². The van der Waals surface area contributed by atoms with Gasteiger partial charge >= 0.3 is 0 Å². The van der Waals surface area contributed by atoms with Gasteiger partial charge in [-0.15, -0.1) is 0 Å². The van der Waals surface area contributed by atoms with E-state index in [-0.39, 0.29) is 0 Å². The van der Waals surface area contributed by atoms with E-state index >= 15 is 0 Å². The van der Waals surface area contributed by atoms with Gasteiger partial charge in [0.1, 0.15) is 16.9 Å². The maximum Gasteiger partial charge on any atom is 0.165 e. The smallest absolute Gasteiger partial charge is 0.165 e. The van der Waals surface area contributed by atoms with Crippen LogP contribution in [0.25, 0.3) is 66.1 Å². The van der Waals surface area contributed by atoms with Gasteiger partial charge in [-0.2, -0.15) is 0 Å². The average molecular weight is 512 g/mol. The zero-order valence-electron chi connectivity index (χ0n) is 21.4. The van der Waals surface area contributed by atoms with Crippen LogP contribution in [0.2, 0.25) is 0 Å². The van der Waals surface area contributed by atoms with E-state index in [1.54, 1.807) is 0 Å². The molecular formula is C36H21N3O. The van der Waals surface area contributed by atoms with Crippen molar-refractivity contribution >= 4 is 60.9 Å². The molecule has 40 heavy (non-hydrogen) atoms. The topological polar surface area (TPSA) is 42.2 Å². The maximum absolute atomic E-state index is 6.28. The predicted octanol–water partition coefficient (Wildman–Crippen LogP) is 9.80. The molecule has 0 bridgehead atoms. The summed E-state index contributed by atoms with van der Waals surface area (Å²) < 4.78 is 6.28. The van der Waals surface area contributed by atoms with E-state index in [1.807, 2.05) is 48.5 Å². The summed E-state index contributed by atoms with van der Waals surface area (Å²) in [6.45, 7) is 0. The molecule has 0 spiro atoms. The van der Waals surface area contributed by atoms with Crippen molar-refractivity contribution in [1.82, 2.24) is 9.97 Å². The van der Waals surface area contributed by atoms with Crippen LogP contribution in [0.5, 0.6) is 0 Å². The Morgan fingerprint density at radius 1 is 0.475 bits per heavy atom. The minimum Gasteiger partial charge on any atom is -0.456 e. The second kappa shape index (κ2) is 8.01. The third-order valence-corrected chi connectivity index (χ3v) is 7.98. The van der Waals surface area contributed by atoms with Gasteiger partial charge in [0.15, 0.2) is 5.82 Å². The fourth-order valence-corrected chi connectivity index (χ4v) is 6.29. The minimum absolute atomic E-state index is 0.797. The van der Waals surface area contributed by atoms with Gasteiger partial charge < -0.3 is 4.42 Å². The third-order valence-electron chi connectivity index (χ3n) is 7.98. The molecule has 4 nitrogen and oxygen atoms in total. The highest BCUT2D eigenvalue weighted by Gasteiger charge is 2.30. The van der Waals surface area contributed by atoms with Crippen LogP contribution in [0.15, 0.2) is 132 Å². The van der Waals surface area contributed by atoms with Crippen molar-refractivity contribution < 1.29 is 4.42 Å². The fourth-order valence-electron chi connectivity index (χ4n) is 6.29. The highest BCUT2D eigenvalue weighted by molar-refractivity contribution is 6.16. The summed E-state index contributed by atoms with van der Waals surface area (Å²) in [6.07, 6.45) is 0. The highest BCUT2D eigenvalue weighted by Crippen LogP contribution is 2.52. The summed E-state index contributed by atoms with van der Waals surface area (Å²) in [6, 6.07) is 44.1. The molecule has 186 valence electrons. The SMILES string of the molecule is c1ccc2c(c1)-c1cccc3cccc(c13)N2c1nc2ccccc2nc1-c1cccc2oc3ccccc3c12. The van der Waals surface area contributed by atoms with E-state index < -0.39 is 0 Å². The quantitative estimate of drug-likeness (QED) is 0.232. The number of furan rings is 1. The van der Waals surface area contributed by atoms with Crippen LogP contribution in [-0.4, -0.2) is 9.97 Å². The Labute approximate surface area is 229 Å². The molecule has 0 N–H and O–H groups in total. The predicted molar refractivity (Wildman–Crippen MR) is 163 cm³/mol. The van der Waals surface area contributed by atoms with E-state index in [2.05, 4.69) is 83.8 Å². The van der Waals surface area contributed by atoms with Crippen LogP contribution >= 0.6 is 0 Å². The Hall–Kier alpha value is -5.48. The first-order chi connectivity index (χ1) is 19.8. The Kier molecular flexibility index (Phi) is 4.30. The van der Waals surface area contributed by atoms with Crippen LogP contribution in [0.4, 0.5) is 17.2 Å². The summed E-state index contributed by atoms with van der Waals surface area (Å²) in [4.78, 5) is 12.9. The normalized spacial score (nSPS) is 12.4. The Morgan fingerprint density at radius 3 is 2.05 bits per heavy atom. The number of nitrogens with zero attached hydrogens (tertiary/aromatic N) is 3. The summed E-state index contributed by atoms with van der Waals surface area (Å²) in [5.74, 6) is 0.797. The molecule has 0 unspecified atom stereocenters. The van der Waals surface area contributed by atoms with Gasteiger partial charge in [-0.3, -0.25) is 4.90 Å². The number of aromatic nitrogens is 2. The summed E-state index contributed by atoms with van der Waals surface area (Å²) in [7, 11) is 0. The van der Waals surface area contributed by atoms with Crippen LogP contribution in [-0.2, 0) is 0 Å². The molecule has 0 saturated heterocycles. The van der Waals surface area contributed by atoms with E-state index in [0.717, 1.165) is 61.4 Å². The first-order valence-corrected chi connectivity index (χ1v) is 13.4. The van der Waals surface area contributed by atoms with Crippen molar-refractivity contribution in [2.45, 2.75) is 0 Å². The number of hydrogen-bond donors (Lipinski definition) is 0. The first-order valence-electron chi connectivity index (χ1n) is 13.4. The molecule has 1 aliphatic rings. The summed E-state index contributed by atoms with van der Waals surface area (Å²) >= 11 is 0. The van der Waals surface area contributed by atoms with Crippen molar-refractivity contribution in [3.05, 3.63) is 127 Å². The summed E-state index contributed by atoms with van der Waals surface area (Å²) in [5, 5.41) is 4.54. The molecule has 1 aliphatic heterocycles. The second-order valence-electron chi connectivity index (χ2n) is 10.2. The van der Waals surface area contributed by atoms with Gasteiger partial charge in [0, 0.05) is 27.3 Å². The first kappa shape index (κ1) is 21.5. The monoisotopic (exact) mass is 511 g/mol.